The van der Waals surface area contributed by atoms with E-state index in [0.717, 1.165) is 34.7 Å². The third kappa shape index (κ3) is 4.25. The van der Waals surface area contributed by atoms with Crippen molar-refractivity contribution in [3.63, 3.8) is 0 Å². The molecule has 5 nitrogen and oxygen atoms in total. The van der Waals surface area contributed by atoms with E-state index in [0.29, 0.717) is 19.0 Å². The van der Waals surface area contributed by atoms with E-state index in [9.17, 15) is 9.59 Å². The third-order valence-corrected chi connectivity index (χ3v) is 5.35. The van der Waals surface area contributed by atoms with E-state index in [-0.39, 0.29) is 11.8 Å². The van der Waals surface area contributed by atoms with Crippen molar-refractivity contribution in [2.75, 3.05) is 24.3 Å². The topological polar surface area (TPSA) is 52.7 Å². The quantitative estimate of drug-likeness (QED) is 0.801. The average molecular weight is 372 g/mol. The predicted octanol–water partition coefficient (Wildman–Crippen LogP) is 3.97. The Kier molecular flexibility index (Phi) is 5.61. The largest absolute Gasteiger partial charge is 0.377 e. The number of hydrogen-bond acceptors (Lipinski definition) is 4. The number of carbonyl (C=O) groups excluding carboxylic acids is 2. The Hall–Kier alpha value is -2.34. The third-order valence-electron chi connectivity index (χ3n) is 4.49. The number of anilines is 2. The summed E-state index contributed by atoms with van der Waals surface area (Å²) >= 11 is 1.48. The van der Waals surface area contributed by atoms with Crippen LogP contribution in [0.2, 0.25) is 0 Å². The summed E-state index contributed by atoms with van der Waals surface area (Å²) in [6, 6.07) is 10.0. The Balaban J connectivity index is 1.88. The maximum absolute atomic E-state index is 12.9. The number of nitrogens with zero attached hydrogens (tertiary/aromatic N) is 2. The average Bonchev–Trinajstić information content (AvgIpc) is 3.31. The Morgan fingerprint density at radius 3 is 2.58 bits per heavy atom. The number of amides is 2. The van der Waals surface area contributed by atoms with Gasteiger partial charge in [0.25, 0.3) is 5.91 Å². The van der Waals surface area contributed by atoms with Gasteiger partial charge in [-0.15, -0.1) is 11.3 Å². The molecule has 2 aromatic rings. The van der Waals surface area contributed by atoms with Crippen LogP contribution in [-0.4, -0.2) is 36.9 Å². The Morgan fingerprint density at radius 2 is 2.00 bits per heavy atom. The van der Waals surface area contributed by atoms with E-state index in [4.69, 9.17) is 0 Å². The zero-order valence-corrected chi connectivity index (χ0v) is 16.3. The van der Waals surface area contributed by atoms with Gasteiger partial charge in [0.05, 0.1) is 4.88 Å². The highest BCUT2D eigenvalue weighted by atomic mass is 32.1. The molecule has 0 spiro atoms. The van der Waals surface area contributed by atoms with Crippen LogP contribution in [0.4, 0.5) is 11.4 Å². The van der Waals surface area contributed by atoms with Gasteiger partial charge in [-0.1, -0.05) is 13.0 Å². The van der Waals surface area contributed by atoms with Crippen molar-refractivity contribution in [3.8, 4) is 0 Å². The van der Waals surface area contributed by atoms with Gasteiger partial charge in [-0.05, 0) is 48.1 Å². The molecule has 1 fully saturated rings. The summed E-state index contributed by atoms with van der Waals surface area (Å²) < 4.78 is 0. The maximum Gasteiger partial charge on any atom is 0.264 e. The molecule has 1 aromatic carbocycles. The first-order valence-electron chi connectivity index (χ1n) is 8.94. The molecular formula is C20H25N3O2S. The Morgan fingerprint density at radius 1 is 1.23 bits per heavy atom. The van der Waals surface area contributed by atoms with Gasteiger partial charge in [-0.3, -0.25) is 9.59 Å². The van der Waals surface area contributed by atoms with Gasteiger partial charge in [-0.2, -0.15) is 0 Å². The Labute approximate surface area is 158 Å². The molecule has 1 aliphatic rings. The van der Waals surface area contributed by atoms with Crippen LogP contribution in [0.15, 0.2) is 35.7 Å². The fraction of sp³-hybridized carbons (Fsp3) is 0.400. The minimum Gasteiger partial charge on any atom is -0.377 e. The van der Waals surface area contributed by atoms with Gasteiger partial charge in [-0.25, -0.2) is 0 Å². The van der Waals surface area contributed by atoms with E-state index in [1.165, 1.54) is 11.3 Å². The number of hydrogen-bond donors (Lipinski definition) is 1. The minimum absolute atomic E-state index is 0.0118. The van der Waals surface area contributed by atoms with Crippen LogP contribution in [0.1, 0.15) is 41.4 Å². The molecule has 3 rings (SSSR count). The second kappa shape index (κ2) is 7.91. The molecule has 1 aromatic heterocycles. The molecule has 0 aliphatic heterocycles. The van der Waals surface area contributed by atoms with Crippen molar-refractivity contribution in [3.05, 3.63) is 46.2 Å². The highest BCUT2D eigenvalue weighted by molar-refractivity contribution is 7.12. The summed E-state index contributed by atoms with van der Waals surface area (Å²) in [6.45, 7) is 2.38. The first kappa shape index (κ1) is 18.5. The van der Waals surface area contributed by atoms with E-state index in [2.05, 4.69) is 5.32 Å². The van der Waals surface area contributed by atoms with Crippen molar-refractivity contribution >= 4 is 34.5 Å². The lowest BCUT2D eigenvalue weighted by Crippen LogP contribution is -2.32. The number of rotatable bonds is 7. The highest BCUT2D eigenvalue weighted by Gasteiger charge is 2.34. The maximum atomic E-state index is 12.9. The molecule has 138 valence electrons. The molecule has 1 aliphatic carbocycles. The summed E-state index contributed by atoms with van der Waals surface area (Å²) in [5.41, 5.74) is 2.88. The van der Waals surface area contributed by atoms with Gasteiger partial charge in [0.1, 0.15) is 0 Å². The predicted molar refractivity (Wildman–Crippen MR) is 107 cm³/mol. The molecule has 1 heterocycles. The fourth-order valence-electron chi connectivity index (χ4n) is 2.95. The monoisotopic (exact) mass is 371 g/mol. The van der Waals surface area contributed by atoms with Crippen molar-refractivity contribution in [1.82, 2.24) is 4.90 Å². The summed E-state index contributed by atoms with van der Waals surface area (Å²) in [5, 5.41) is 4.85. The second-order valence-corrected chi connectivity index (χ2v) is 7.73. The molecule has 1 N–H and O–H groups in total. The number of carbonyl (C=O) groups is 2. The molecular weight excluding hydrogens is 346 g/mol. The van der Waals surface area contributed by atoms with Crippen LogP contribution >= 0.6 is 11.3 Å². The van der Waals surface area contributed by atoms with Gasteiger partial charge in [0, 0.05) is 44.5 Å². The molecule has 0 bridgehead atoms. The number of thiophene rings is 1. The van der Waals surface area contributed by atoms with Crippen LogP contribution < -0.4 is 10.2 Å². The van der Waals surface area contributed by atoms with E-state index in [1.54, 1.807) is 0 Å². The first-order valence-corrected chi connectivity index (χ1v) is 9.82. The van der Waals surface area contributed by atoms with Crippen LogP contribution in [0.25, 0.3) is 0 Å². The van der Waals surface area contributed by atoms with E-state index in [1.807, 2.05) is 66.5 Å². The molecule has 0 atom stereocenters. The zero-order chi connectivity index (χ0) is 18.7. The summed E-state index contributed by atoms with van der Waals surface area (Å²) in [4.78, 5) is 29.5. The highest BCUT2D eigenvalue weighted by Crippen LogP contribution is 2.33. The molecule has 0 unspecified atom stereocenters. The second-order valence-electron chi connectivity index (χ2n) is 6.78. The number of benzene rings is 1. The number of nitrogens with one attached hydrogen (secondary N) is 1. The minimum atomic E-state index is -0.0118. The molecule has 0 saturated heterocycles. The fourth-order valence-corrected chi connectivity index (χ4v) is 3.63. The van der Waals surface area contributed by atoms with Gasteiger partial charge in [0.2, 0.25) is 5.91 Å². The molecule has 26 heavy (non-hydrogen) atoms. The van der Waals surface area contributed by atoms with Crippen molar-refractivity contribution < 1.29 is 9.59 Å². The molecule has 2 amide bonds. The summed E-state index contributed by atoms with van der Waals surface area (Å²) in [5.74, 6) is 0.0810. The van der Waals surface area contributed by atoms with Crippen LogP contribution in [0.5, 0.6) is 0 Å². The lowest BCUT2D eigenvalue weighted by molar-refractivity contribution is -0.115. The smallest absolute Gasteiger partial charge is 0.264 e. The van der Waals surface area contributed by atoms with Gasteiger partial charge < -0.3 is 15.1 Å². The molecule has 0 radical (unpaired) electrons. The van der Waals surface area contributed by atoms with Crippen molar-refractivity contribution in [1.29, 1.82) is 0 Å². The van der Waals surface area contributed by atoms with Crippen LogP contribution in [0, 0.1) is 0 Å². The summed E-state index contributed by atoms with van der Waals surface area (Å²) in [7, 11) is 3.98. The van der Waals surface area contributed by atoms with Crippen LogP contribution in [0.3, 0.4) is 0 Å². The summed E-state index contributed by atoms with van der Waals surface area (Å²) in [6.07, 6.45) is 2.55. The standard InChI is InChI=1S/C20H25N3O2S/c1-4-19(24)21-15-7-10-17(22(2)3)14(12-15)13-23(16-8-9-16)20(25)18-6-5-11-26-18/h5-7,10-12,16H,4,8-9,13H2,1-3H3,(H,21,24). The van der Waals surface area contributed by atoms with E-state index < -0.39 is 0 Å². The first-order chi connectivity index (χ1) is 12.5. The lowest BCUT2D eigenvalue weighted by atomic mass is 10.1. The SMILES string of the molecule is CCC(=O)Nc1ccc(N(C)C)c(CN(C(=O)c2cccs2)C2CC2)c1. The normalized spacial score (nSPS) is 13.3. The van der Waals surface area contributed by atoms with Crippen molar-refractivity contribution in [2.24, 2.45) is 0 Å². The van der Waals surface area contributed by atoms with Gasteiger partial charge in [0.15, 0.2) is 0 Å². The lowest BCUT2D eigenvalue weighted by Gasteiger charge is -2.26. The molecule has 6 heteroatoms. The van der Waals surface area contributed by atoms with Gasteiger partial charge >= 0.3 is 0 Å². The van der Waals surface area contributed by atoms with Crippen LogP contribution in [-0.2, 0) is 11.3 Å². The van der Waals surface area contributed by atoms with Crippen molar-refractivity contribution in [2.45, 2.75) is 38.8 Å². The van der Waals surface area contributed by atoms with E-state index >= 15 is 0 Å². The zero-order valence-electron chi connectivity index (χ0n) is 15.5. The Bertz CT molecular complexity index is 782. The molecule has 1 saturated carbocycles.